The van der Waals surface area contributed by atoms with Crippen LogP contribution in [0.25, 0.3) is 0 Å². The smallest absolute Gasteiger partial charge is 0.449 e. The molecule has 0 spiro atoms. The molecule has 0 heterocycles. The van der Waals surface area contributed by atoms with E-state index in [1.165, 1.54) is 24.3 Å². The number of fused-ring (bicyclic) bond motifs is 1. The molecule has 23 heteroatoms. The normalized spacial score (nSPS) is 16.7. The van der Waals surface area contributed by atoms with E-state index in [1.807, 2.05) is 0 Å². The Bertz CT molecular complexity index is 1810. The summed E-state index contributed by atoms with van der Waals surface area (Å²) in [4.78, 5) is 70.5. The molecule has 0 aliphatic heterocycles. The van der Waals surface area contributed by atoms with Gasteiger partial charge in [0.05, 0.1) is 42.8 Å². The molecule has 2 N–H and O–H groups in total. The van der Waals surface area contributed by atoms with Crippen molar-refractivity contribution in [3.63, 3.8) is 0 Å². The maximum Gasteiger partial charge on any atom is 0.513 e. The van der Waals surface area contributed by atoms with Gasteiger partial charge in [0.25, 0.3) is 11.4 Å². The molecule has 0 saturated heterocycles. The first-order valence-corrected chi connectivity index (χ1v) is 18.9. The van der Waals surface area contributed by atoms with Crippen LogP contribution >= 0.6 is 0 Å². The Morgan fingerprint density at radius 2 is 1.23 bits per heavy atom. The predicted octanol–water partition coefficient (Wildman–Crippen LogP) is 3.69. The minimum absolute atomic E-state index is 0.0450. The molecule has 1 fully saturated rings. The van der Waals surface area contributed by atoms with Crippen LogP contribution in [-0.2, 0) is 33.9 Å². The Morgan fingerprint density at radius 1 is 0.719 bits per heavy atom. The molecule has 22 nitrogen and oxygen atoms in total. The number of carbonyl (C=O) groups is 4. The summed E-state index contributed by atoms with van der Waals surface area (Å²) in [6, 6.07) is 9.18. The summed E-state index contributed by atoms with van der Waals surface area (Å²) in [6.07, 6.45) is -0.990. The zero-order valence-electron chi connectivity index (χ0n) is 30.2. The molecule has 2 aromatic rings. The molecule has 2 amide bonds. The van der Waals surface area contributed by atoms with Crippen LogP contribution in [0, 0.1) is 49.8 Å². The fourth-order valence-corrected chi connectivity index (χ4v) is 6.26. The lowest BCUT2D eigenvalue weighted by molar-refractivity contribution is -0.385. The van der Waals surface area contributed by atoms with Crippen molar-refractivity contribution in [1.29, 1.82) is 0 Å². The molecule has 4 rings (SSSR count). The highest BCUT2D eigenvalue weighted by molar-refractivity contribution is 7.88. The molecule has 2 aromatic carbocycles. The van der Waals surface area contributed by atoms with Crippen LogP contribution < -0.4 is 18.9 Å². The highest BCUT2D eigenvalue weighted by Crippen LogP contribution is 2.52. The van der Waals surface area contributed by atoms with E-state index in [-0.39, 0.29) is 74.9 Å². The molecule has 2 aliphatic carbocycles. The minimum atomic E-state index is -4.24. The summed E-state index contributed by atoms with van der Waals surface area (Å²) < 4.78 is 63.7. The number of non-ortho nitro benzene ring substituents is 2. The monoisotopic (exact) mass is 821 g/mol. The second kappa shape index (κ2) is 21.7. The molecule has 308 valence electrons. The standard InChI is InChI=1S/C34H39N5O17S/c40-31(54-23-30-28-5-3-1-2-4-6-29(28)30)36-57(48,49)35-15-18-50-21-22-51-32(41)37(16-19-52-33(42)55-26-11-7-24(8-12-26)38(44)45)17-20-53-34(43)56-27-13-9-25(10-14-27)39(46)47/h7-14,28-30,35H,3-6,15-23H2,(H,36,40)/t28-,29+,30?. The van der Waals surface area contributed by atoms with Gasteiger partial charge in [0, 0.05) is 43.7 Å². The first-order chi connectivity index (χ1) is 27.3. The Balaban J connectivity index is 1.14. The number of hydrogen-bond donors (Lipinski definition) is 2. The quantitative estimate of drug-likeness (QED) is 0.0366. The van der Waals surface area contributed by atoms with E-state index in [2.05, 4.69) is 16.6 Å². The number of nitro benzene ring substituents is 2. The second-order valence-corrected chi connectivity index (χ2v) is 13.6. The summed E-state index contributed by atoms with van der Waals surface area (Å²) in [5, 5.41) is 21.6. The first kappa shape index (κ1) is 43.5. The van der Waals surface area contributed by atoms with Crippen molar-refractivity contribution in [3.05, 3.63) is 68.8 Å². The lowest BCUT2D eigenvalue weighted by Gasteiger charge is -2.21. The first-order valence-electron chi connectivity index (χ1n) is 17.4. The second-order valence-electron chi connectivity index (χ2n) is 12.1. The number of hydrogen-bond acceptors (Lipinski definition) is 17. The van der Waals surface area contributed by atoms with Gasteiger partial charge in [-0.2, -0.15) is 13.1 Å². The van der Waals surface area contributed by atoms with Crippen molar-refractivity contribution in [2.75, 3.05) is 59.3 Å². The van der Waals surface area contributed by atoms with Crippen molar-refractivity contribution in [2.45, 2.75) is 25.7 Å². The van der Waals surface area contributed by atoms with Gasteiger partial charge in [0.2, 0.25) is 0 Å². The topological polar surface area (TPSA) is 281 Å². The number of nitrogens with zero attached hydrogens (tertiary/aromatic N) is 3. The van der Waals surface area contributed by atoms with Crippen molar-refractivity contribution in [2.24, 2.45) is 17.8 Å². The Morgan fingerprint density at radius 3 is 1.72 bits per heavy atom. The molecule has 2 aliphatic rings. The molecule has 1 saturated carbocycles. The van der Waals surface area contributed by atoms with Crippen molar-refractivity contribution >= 4 is 46.1 Å². The van der Waals surface area contributed by atoms with Crippen LogP contribution in [0.4, 0.5) is 30.6 Å². The summed E-state index contributed by atoms with van der Waals surface area (Å²) in [6.45, 7) is -2.21. The van der Waals surface area contributed by atoms with Gasteiger partial charge < -0.3 is 38.1 Å². The van der Waals surface area contributed by atoms with Gasteiger partial charge in [-0.05, 0) is 54.9 Å². The molecular formula is C34H39N5O17S. The van der Waals surface area contributed by atoms with Gasteiger partial charge >= 0.3 is 34.7 Å². The molecule has 0 bridgehead atoms. The van der Waals surface area contributed by atoms with Crippen molar-refractivity contribution in [3.8, 4) is 23.3 Å². The fourth-order valence-electron chi connectivity index (χ4n) is 5.55. The number of nitro groups is 2. The predicted molar refractivity (Wildman–Crippen MR) is 192 cm³/mol. The summed E-state index contributed by atoms with van der Waals surface area (Å²) in [5.74, 6) is 7.13. The number of rotatable bonds is 20. The molecule has 0 radical (unpaired) electrons. The lowest BCUT2D eigenvalue weighted by Crippen LogP contribution is -2.42. The number of benzene rings is 2. The van der Waals surface area contributed by atoms with Gasteiger partial charge in [-0.25, -0.2) is 23.9 Å². The van der Waals surface area contributed by atoms with E-state index in [0.717, 1.165) is 54.8 Å². The van der Waals surface area contributed by atoms with Crippen LogP contribution in [0.2, 0.25) is 0 Å². The number of ether oxygens (including phenoxy) is 7. The average Bonchev–Trinajstić information content (AvgIpc) is 3.81. The molecular weight excluding hydrogens is 782 g/mol. The minimum Gasteiger partial charge on any atom is -0.449 e. The zero-order valence-corrected chi connectivity index (χ0v) is 31.0. The SMILES string of the molecule is O=C(NS(=O)(=O)NCCOCCOC(=O)N(CCOC(=O)Oc1ccc([N+](=O)[O-])cc1)CCOC(=O)Oc1ccc([N+](=O)[O-])cc1)OCC1[C@H]2CCC#CCC[C@@H]12. The van der Waals surface area contributed by atoms with Gasteiger partial charge in [-0.15, -0.1) is 11.8 Å². The molecule has 1 unspecified atom stereocenters. The van der Waals surface area contributed by atoms with E-state index >= 15 is 0 Å². The van der Waals surface area contributed by atoms with Crippen molar-refractivity contribution in [1.82, 2.24) is 14.3 Å². The van der Waals surface area contributed by atoms with Gasteiger partial charge in [0.15, 0.2) is 0 Å². The highest BCUT2D eigenvalue weighted by Gasteiger charge is 2.49. The van der Waals surface area contributed by atoms with Crippen LogP contribution in [0.15, 0.2) is 48.5 Å². The Labute approximate surface area is 325 Å². The summed E-state index contributed by atoms with van der Waals surface area (Å²) in [5.41, 5.74) is -0.457. The van der Waals surface area contributed by atoms with Gasteiger partial charge in [-0.3, -0.25) is 20.2 Å². The summed E-state index contributed by atoms with van der Waals surface area (Å²) in [7, 11) is -4.24. The van der Waals surface area contributed by atoms with E-state index in [0.29, 0.717) is 11.8 Å². The molecule has 57 heavy (non-hydrogen) atoms. The third-order valence-electron chi connectivity index (χ3n) is 8.37. The van der Waals surface area contributed by atoms with Crippen LogP contribution in [0.3, 0.4) is 0 Å². The lowest BCUT2D eigenvalue weighted by atomic mass is 10.1. The van der Waals surface area contributed by atoms with Crippen LogP contribution in [0.5, 0.6) is 11.5 Å². The van der Waals surface area contributed by atoms with Crippen LogP contribution in [0.1, 0.15) is 25.7 Å². The maximum atomic E-state index is 12.8. The largest absolute Gasteiger partial charge is 0.513 e. The third-order valence-corrected chi connectivity index (χ3v) is 9.39. The van der Waals surface area contributed by atoms with E-state index in [4.69, 9.17) is 33.2 Å². The van der Waals surface area contributed by atoms with E-state index in [1.54, 1.807) is 4.72 Å². The fraction of sp³-hybridized carbons (Fsp3) is 0.471. The number of carbonyl (C=O) groups excluding carboxylic acids is 4. The summed E-state index contributed by atoms with van der Waals surface area (Å²) >= 11 is 0. The van der Waals surface area contributed by atoms with Crippen LogP contribution in [-0.4, -0.2) is 107 Å². The van der Waals surface area contributed by atoms with E-state index in [9.17, 15) is 47.8 Å². The highest BCUT2D eigenvalue weighted by atomic mass is 32.2. The Hall–Kier alpha value is -6.25. The number of nitrogens with one attached hydrogen (secondary N) is 2. The third kappa shape index (κ3) is 15.4. The molecule has 0 aromatic heterocycles. The number of amides is 2. The average molecular weight is 822 g/mol. The molecule has 3 atom stereocenters. The van der Waals surface area contributed by atoms with E-state index < -0.39 is 57.8 Å². The van der Waals surface area contributed by atoms with Crippen molar-refractivity contribution < 1.29 is 70.6 Å². The Kier molecular flexibility index (Phi) is 16.6. The zero-order chi connectivity index (χ0) is 41.2. The van der Waals surface area contributed by atoms with Gasteiger partial charge in [0.1, 0.15) is 31.3 Å². The van der Waals surface area contributed by atoms with Gasteiger partial charge in [-0.1, -0.05) is 0 Å². The maximum absolute atomic E-state index is 12.8.